The molecule has 0 atom stereocenters. The maximum atomic E-state index is 11.5. The number of carbonyl (C=O) groups excluding carboxylic acids is 1. The molecule has 0 fully saturated rings. The van der Waals surface area contributed by atoms with Crippen LogP contribution in [0.15, 0.2) is 15.5 Å². The summed E-state index contributed by atoms with van der Waals surface area (Å²) < 4.78 is 10.3. The molecule has 0 radical (unpaired) electrons. The van der Waals surface area contributed by atoms with Gasteiger partial charge in [-0.25, -0.2) is 4.79 Å². The molecule has 0 aromatic carbocycles. The fourth-order valence-electron chi connectivity index (χ4n) is 2.09. The van der Waals surface area contributed by atoms with Gasteiger partial charge in [0.15, 0.2) is 5.96 Å². The van der Waals surface area contributed by atoms with Gasteiger partial charge in [-0.3, -0.25) is 4.99 Å². The molecule has 0 aliphatic carbocycles. The number of esters is 1. The first kappa shape index (κ1) is 18.1. The van der Waals surface area contributed by atoms with Crippen molar-refractivity contribution in [3.8, 4) is 0 Å². The van der Waals surface area contributed by atoms with Crippen molar-refractivity contribution in [3.63, 3.8) is 0 Å². The van der Waals surface area contributed by atoms with Crippen LogP contribution < -0.4 is 10.6 Å². The number of aliphatic imine (C=N–C) groups is 1. The van der Waals surface area contributed by atoms with Gasteiger partial charge < -0.3 is 19.8 Å². The molecule has 2 N–H and O–H groups in total. The summed E-state index contributed by atoms with van der Waals surface area (Å²) >= 11 is 0. The Morgan fingerprint density at radius 3 is 2.73 bits per heavy atom. The Labute approximate surface area is 132 Å². The number of hydrogen-bond donors (Lipinski definition) is 2. The van der Waals surface area contributed by atoms with Crippen molar-refractivity contribution in [2.45, 2.75) is 46.1 Å². The number of nitrogens with zero attached hydrogens (tertiary/aromatic N) is 1. The van der Waals surface area contributed by atoms with E-state index in [1.807, 2.05) is 0 Å². The van der Waals surface area contributed by atoms with Crippen molar-refractivity contribution in [1.29, 1.82) is 0 Å². The fourth-order valence-corrected chi connectivity index (χ4v) is 2.09. The molecule has 0 aliphatic rings. The molecule has 0 saturated heterocycles. The molecule has 6 nitrogen and oxygen atoms in total. The van der Waals surface area contributed by atoms with Crippen LogP contribution in [0.3, 0.4) is 0 Å². The number of carbonyl (C=O) groups is 1. The summed E-state index contributed by atoms with van der Waals surface area (Å²) in [5.41, 5.74) is 0.460. The van der Waals surface area contributed by atoms with Crippen molar-refractivity contribution < 1.29 is 13.9 Å². The number of ether oxygens (including phenoxy) is 1. The summed E-state index contributed by atoms with van der Waals surface area (Å²) in [6.07, 6.45) is 4.84. The van der Waals surface area contributed by atoms with Gasteiger partial charge in [0.25, 0.3) is 0 Å². The summed E-state index contributed by atoms with van der Waals surface area (Å²) in [5.74, 6) is 1.58. The Balaban J connectivity index is 2.42. The van der Waals surface area contributed by atoms with Gasteiger partial charge in [0, 0.05) is 13.6 Å². The van der Waals surface area contributed by atoms with Crippen molar-refractivity contribution in [3.05, 3.63) is 23.2 Å². The molecule has 1 aromatic rings. The second kappa shape index (κ2) is 9.87. The molecule has 1 heterocycles. The number of aryl methyl sites for hydroxylation is 1. The Hall–Kier alpha value is -1.98. The topological polar surface area (TPSA) is 75.9 Å². The molecule has 1 aromatic heterocycles. The molecule has 0 bridgehead atoms. The SMILES string of the molecule is CCCCCCNC(=NC)NCc1cc(C(=O)OC)c(C)o1. The molecular weight excluding hydrogens is 282 g/mol. The molecule has 0 spiro atoms. The summed E-state index contributed by atoms with van der Waals surface area (Å²) in [6, 6.07) is 1.70. The number of furan rings is 1. The lowest BCUT2D eigenvalue weighted by molar-refractivity contribution is 0.0599. The van der Waals surface area contributed by atoms with Crippen LogP contribution in [0.1, 0.15) is 54.5 Å². The van der Waals surface area contributed by atoms with Crippen molar-refractivity contribution in [1.82, 2.24) is 10.6 Å². The Morgan fingerprint density at radius 1 is 1.32 bits per heavy atom. The van der Waals surface area contributed by atoms with Gasteiger partial charge in [0.05, 0.1) is 13.7 Å². The molecule has 0 unspecified atom stereocenters. The minimum atomic E-state index is -0.383. The van der Waals surface area contributed by atoms with E-state index < -0.39 is 0 Å². The number of unbranched alkanes of at least 4 members (excludes halogenated alkanes) is 3. The number of hydrogen-bond acceptors (Lipinski definition) is 4. The van der Waals surface area contributed by atoms with Crippen LogP contribution in [0.5, 0.6) is 0 Å². The smallest absolute Gasteiger partial charge is 0.341 e. The number of guanidine groups is 1. The van der Waals surface area contributed by atoms with E-state index in [-0.39, 0.29) is 5.97 Å². The van der Waals surface area contributed by atoms with Gasteiger partial charge in [0.2, 0.25) is 0 Å². The largest absolute Gasteiger partial charge is 0.465 e. The minimum absolute atomic E-state index is 0.383. The van der Waals surface area contributed by atoms with Crippen LogP contribution in [0, 0.1) is 6.92 Å². The van der Waals surface area contributed by atoms with E-state index in [1.54, 1.807) is 20.0 Å². The second-order valence-electron chi connectivity index (χ2n) is 5.09. The summed E-state index contributed by atoms with van der Waals surface area (Å²) in [4.78, 5) is 15.7. The first-order chi connectivity index (χ1) is 10.6. The fraction of sp³-hybridized carbons (Fsp3) is 0.625. The summed E-state index contributed by atoms with van der Waals surface area (Å²) in [7, 11) is 3.09. The molecule has 1 rings (SSSR count). The zero-order valence-corrected chi connectivity index (χ0v) is 14.0. The first-order valence-corrected chi connectivity index (χ1v) is 7.74. The van der Waals surface area contributed by atoms with Gasteiger partial charge in [-0.1, -0.05) is 26.2 Å². The molecule has 124 valence electrons. The lowest BCUT2D eigenvalue weighted by atomic mass is 10.2. The maximum absolute atomic E-state index is 11.5. The Bertz CT molecular complexity index is 495. The third-order valence-corrected chi connectivity index (χ3v) is 3.35. The van der Waals surface area contributed by atoms with E-state index in [0.29, 0.717) is 23.6 Å². The lowest BCUT2D eigenvalue weighted by Gasteiger charge is -2.10. The van der Waals surface area contributed by atoms with Crippen LogP contribution in [-0.2, 0) is 11.3 Å². The van der Waals surface area contributed by atoms with E-state index >= 15 is 0 Å². The van der Waals surface area contributed by atoms with E-state index in [9.17, 15) is 4.79 Å². The highest BCUT2D eigenvalue weighted by molar-refractivity contribution is 5.90. The minimum Gasteiger partial charge on any atom is -0.465 e. The predicted octanol–water partition coefficient (Wildman–Crippen LogP) is 2.62. The monoisotopic (exact) mass is 309 g/mol. The van der Waals surface area contributed by atoms with Crippen LogP contribution in [0.4, 0.5) is 0 Å². The molecule has 22 heavy (non-hydrogen) atoms. The summed E-state index contributed by atoms with van der Waals surface area (Å²) in [6.45, 7) is 5.30. The van der Waals surface area contributed by atoms with Crippen LogP contribution in [0.2, 0.25) is 0 Å². The average molecular weight is 309 g/mol. The lowest BCUT2D eigenvalue weighted by Crippen LogP contribution is -2.37. The highest BCUT2D eigenvalue weighted by Crippen LogP contribution is 2.15. The summed E-state index contributed by atoms with van der Waals surface area (Å²) in [5, 5.41) is 6.43. The maximum Gasteiger partial charge on any atom is 0.341 e. The van der Waals surface area contributed by atoms with E-state index in [1.165, 1.54) is 26.4 Å². The highest BCUT2D eigenvalue weighted by Gasteiger charge is 2.15. The van der Waals surface area contributed by atoms with Gasteiger partial charge in [-0.05, 0) is 19.4 Å². The van der Waals surface area contributed by atoms with Crippen molar-refractivity contribution in [2.75, 3.05) is 20.7 Å². The molecule has 0 saturated carbocycles. The Morgan fingerprint density at radius 2 is 2.09 bits per heavy atom. The van der Waals surface area contributed by atoms with Gasteiger partial charge >= 0.3 is 5.97 Å². The predicted molar refractivity (Wildman–Crippen MR) is 87.1 cm³/mol. The van der Waals surface area contributed by atoms with Crippen LogP contribution in [0.25, 0.3) is 0 Å². The van der Waals surface area contributed by atoms with Crippen molar-refractivity contribution in [2.24, 2.45) is 4.99 Å². The normalized spacial score (nSPS) is 11.4. The quantitative estimate of drug-likeness (QED) is 0.334. The number of nitrogens with one attached hydrogen (secondary N) is 2. The van der Waals surface area contributed by atoms with Crippen LogP contribution >= 0.6 is 0 Å². The molecular formula is C16H27N3O3. The zero-order chi connectivity index (χ0) is 16.4. The average Bonchev–Trinajstić information content (AvgIpc) is 2.90. The highest BCUT2D eigenvalue weighted by atomic mass is 16.5. The molecule has 0 amide bonds. The van der Waals surface area contributed by atoms with Crippen molar-refractivity contribution >= 4 is 11.9 Å². The molecule has 6 heteroatoms. The van der Waals surface area contributed by atoms with E-state index in [4.69, 9.17) is 9.15 Å². The van der Waals surface area contributed by atoms with Crippen LogP contribution in [-0.4, -0.2) is 32.6 Å². The first-order valence-electron chi connectivity index (χ1n) is 7.74. The standard InChI is InChI=1S/C16H27N3O3/c1-5-6-7-8-9-18-16(17-3)19-11-13-10-14(12(2)22-13)15(20)21-4/h10H,5-9,11H2,1-4H3,(H2,17,18,19). The Kier molecular flexibility index (Phi) is 8.10. The third kappa shape index (κ3) is 5.79. The number of methoxy groups -OCH3 is 1. The number of rotatable bonds is 8. The molecule has 0 aliphatic heterocycles. The second-order valence-corrected chi connectivity index (χ2v) is 5.09. The zero-order valence-electron chi connectivity index (χ0n) is 14.0. The third-order valence-electron chi connectivity index (χ3n) is 3.35. The van der Waals surface area contributed by atoms with Gasteiger partial charge in [-0.2, -0.15) is 0 Å². The van der Waals surface area contributed by atoms with E-state index in [0.717, 1.165) is 18.9 Å². The van der Waals surface area contributed by atoms with E-state index in [2.05, 4.69) is 22.5 Å². The van der Waals surface area contributed by atoms with Gasteiger partial charge in [-0.15, -0.1) is 0 Å². The van der Waals surface area contributed by atoms with Gasteiger partial charge in [0.1, 0.15) is 17.1 Å².